The van der Waals surface area contributed by atoms with Gasteiger partial charge in [-0.25, -0.2) is 4.98 Å². The van der Waals surface area contributed by atoms with Gasteiger partial charge in [0.2, 0.25) is 5.82 Å². The van der Waals surface area contributed by atoms with E-state index in [9.17, 15) is 10.1 Å². The van der Waals surface area contributed by atoms with Gasteiger partial charge in [-0.2, -0.15) is 4.98 Å². The number of hydrogen-bond donors (Lipinski definition) is 1. The Labute approximate surface area is 126 Å². The van der Waals surface area contributed by atoms with Crippen LogP contribution in [0.25, 0.3) is 0 Å². The van der Waals surface area contributed by atoms with Crippen LogP contribution in [0, 0.1) is 10.1 Å². The zero-order valence-corrected chi connectivity index (χ0v) is 12.8. The normalized spacial score (nSPS) is 11.2. The third kappa shape index (κ3) is 3.27. The Balaban J connectivity index is 2.22. The van der Waals surface area contributed by atoms with E-state index in [1.165, 1.54) is 18.3 Å². The maximum Gasteiger partial charge on any atom is 0.372 e. The average Bonchev–Trinajstić information content (AvgIpc) is 2.99. The molecule has 7 nitrogen and oxygen atoms in total. The van der Waals surface area contributed by atoms with E-state index in [1.807, 2.05) is 17.5 Å². The standard InChI is InChI=1S/C13H16N4O3S/c1-13(2,9-5-4-6-21-9)7-14-11-10(17(18)19)12(20-3)16-8-15-11/h4-6,8H,7H2,1-3H3,(H,14,15,16). The lowest BCUT2D eigenvalue weighted by atomic mass is 9.91. The molecule has 0 aromatic carbocycles. The summed E-state index contributed by atoms with van der Waals surface area (Å²) in [5.74, 6) is 0.114. The fraction of sp³-hybridized carbons (Fsp3) is 0.385. The first-order valence-corrected chi connectivity index (χ1v) is 7.15. The lowest BCUT2D eigenvalue weighted by Crippen LogP contribution is -2.27. The van der Waals surface area contributed by atoms with Gasteiger partial charge >= 0.3 is 5.69 Å². The molecule has 2 rings (SSSR count). The molecule has 0 fully saturated rings. The minimum atomic E-state index is -0.542. The van der Waals surface area contributed by atoms with Crippen molar-refractivity contribution in [3.05, 3.63) is 38.8 Å². The summed E-state index contributed by atoms with van der Waals surface area (Å²) in [5.41, 5.74) is -0.415. The molecule has 0 amide bonds. The molecule has 0 saturated carbocycles. The van der Waals surface area contributed by atoms with Crippen LogP contribution in [0.3, 0.4) is 0 Å². The van der Waals surface area contributed by atoms with Crippen LogP contribution in [-0.4, -0.2) is 28.5 Å². The fourth-order valence-corrected chi connectivity index (χ4v) is 2.71. The highest BCUT2D eigenvalue weighted by Crippen LogP contribution is 2.32. The second-order valence-electron chi connectivity index (χ2n) is 5.05. The SMILES string of the molecule is COc1ncnc(NCC(C)(C)c2cccs2)c1[N+](=O)[O-]. The summed E-state index contributed by atoms with van der Waals surface area (Å²) in [4.78, 5) is 19.5. The molecule has 0 aliphatic rings. The molecule has 0 aliphatic carbocycles. The minimum absolute atomic E-state index is 0.0496. The van der Waals surface area contributed by atoms with Gasteiger partial charge in [-0.15, -0.1) is 11.3 Å². The van der Waals surface area contributed by atoms with Crippen LogP contribution < -0.4 is 10.1 Å². The van der Waals surface area contributed by atoms with Crippen molar-refractivity contribution in [2.45, 2.75) is 19.3 Å². The van der Waals surface area contributed by atoms with E-state index in [2.05, 4.69) is 29.1 Å². The number of anilines is 1. The van der Waals surface area contributed by atoms with Crippen LogP contribution in [0.5, 0.6) is 5.88 Å². The average molecular weight is 308 g/mol. The molecule has 21 heavy (non-hydrogen) atoms. The van der Waals surface area contributed by atoms with E-state index in [0.29, 0.717) is 6.54 Å². The van der Waals surface area contributed by atoms with Crippen LogP contribution in [0.2, 0.25) is 0 Å². The smallest absolute Gasteiger partial charge is 0.372 e. The Hall–Kier alpha value is -2.22. The second kappa shape index (κ2) is 6.04. The topological polar surface area (TPSA) is 90.2 Å². The third-order valence-electron chi connectivity index (χ3n) is 3.05. The molecular formula is C13H16N4O3S. The lowest BCUT2D eigenvalue weighted by molar-refractivity contribution is -0.385. The van der Waals surface area contributed by atoms with Gasteiger partial charge in [-0.1, -0.05) is 19.9 Å². The number of ether oxygens (including phenoxy) is 1. The van der Waals surface area contributed by atoms with Crippen molar-refractivity contribution in [3.8, 4) is 5.88 Å². The van der Waals surface area contributed by atoms with E-state index in [0.717, 1.165) is 0 Å². The van der Waals surface area contributed by atoms with Crippen LogP contribution in [0.15, 0.2) is 23.8 Å². The molecule has 8 heteroatoms. The third-order valence-corrected chi connectivity index (χ3v) is 4.29. The molecule has 0 bridgehead atoms. The highest BCUT2D eigenvalue weighted by molar-refractivity contribution is 7.10. The molecule has 2 aromatic heterocycles. The predicted octanol–water partition coefficient (Wildman–Crippen LogP) is 2.84. The van der Waals surface area contributed by atoms with E-state index in [-0.39, 0.29) is 22.8 Å². The summed E-state index contributed by atoms with van der Waals surface area (Å²) in [5, 5.41) is 16.2. The van der Waals surface area contributed by atoms with Crippen molar-refractivity contribution in [1.82, 2.24) is 9.97 Å². The number of methoxy groups -OCH3 is 1. The van der Waals surface area contributed by atoms with Crippen molar-refractivity contribution in [2.24, 2.45) is 0 Å². The monoisotopic (exact) mass is 308 g/mol. The molecule has 0 unspecified atom stereocenters. The van der Waals surface area contributed by atoms with Gasteiger partial charge in [0, 0.05) is 16.8 Å². The number of aromatic nitrogens is 2. The van der Waals surface area contributed by atoms with E-state index >= 15 is 0 Å². The zero-order chi connectivity index (χ0) is 15.5. The van der Waals surface area contributed by atoms with Crippen molar-refractivity contribution in [1.29, 1.82) is 0 Å². The number of nitrogens with one attached hydrogen (secondary N) is 1. The molecule has 2 aromatic rings. The summed E-state index contributed by atoms with van der Waals surface area (Å²) in [7, 11) is 1.34. The number of nitro groups is 1. The van der Waals surface area contributed by atoms with E-state index in [1.54, 1.807) is 11.3 Å². The molecule has 0 atom stereocenters. The number of rotatable bonds is 6. The maximum atomic E-state index is 11.2. The second-order valence-corrected chi connectivity index (χ2v) is 6.00. The van der Waals surface area contributed by atoms with Crippen molar-refractivity contribution >= 4 is 22.8 Å². The summed E-state index contributed by atoms with van der Waals surface area (Å²) >= 11 is 1.65. The summed E-state index contributed by atoms with van der Waals surface area (Å²) in [6.07, 6.45) is 1.24. The van der Waals surface area contributed by atoms with E-state index < -0.39 is 4.92 Å². The zero-order valence-electron chi connectivity index (χ0n) is 12.0. The molecule has 0 radical (unpaired) electrons. The van der Waals surface area contributed by atoms with Gasteiger partial charge in [0.25, 0.3) is 5.88 Å². The lowest BCUT2D eigenvalue weighted by Gasteiger charge is -2.23. The van der Waals surface area contributed by atoms with Gasteiger partial charge in [-0.05, 0) is 11.4 Å². The van der Waals surface area contributed by atoms with Crippen LogP contribution in [0.4, 0.5) is 11.5 Å². The summed E-state index contributed by atoms with van der Waals surface area (Å²) in [6.45, 7) is 4.64. The van der Waals surface area contributed by atoms with E-state index in [4.69, 9.17) is 4.74 Å². The Morgan fingerprint density at radius 1 is 1.48 bits per heavy atom. The van der Waals surface area contributed by atoms with Gasteiger partial charge < -0.3 is 10.1 Å². The number of thiophene rings is 1. The van der Waals surface area contributed by atoms with Crippen molar-refractivity contribution in [2.75, 3.05) is 19.0 Å². The highest BCUT2D eigenvalue weighted by atomic mass is 32.1. The maximum absolute atomic E-state index is 11.2. The first-order valence-electron chi connectivity index (χ1n) is 6.27. The Morgan fingerprint density at radius 3 is 2.81 bits per heavy atom. The highest BCUT2D eigenvalue weighted by Gasteiger charge is 2.27. The summed E-state index contributed by atoms with van der Waals surface area (Å²) < 4.78 is 4.92. The molecule has 2 heterocycles. The number of hydrogen-bond acceptors (Lipinski definition) is 7. The molecular weight excluding hydrogens is 292 g/mol. The Morgan fingerprint density at radius 2 is 2.24 bits per heavy atom. The van der Waals surface area contributed by atoms with Gasteiger partial charge in [0.15, 0.2) is 0 Å². The van der Waals surface area contributed by atoms with Gasteiger partial charge in [0.1, 0.15) is 6.33 Å². The quantitative estimate of drug-likeness (QED) is 0.652. The number of nitrogens with zero attached hydrogens (tertiary/aromatic N) is 3. The van der Waals surface area contributed by atoms with Gasteiger partial charge in [0.05, 0.1) is 12.0 Å². The molecule has 0 saturated heterocycles. The molecule has 112 valence electrons. The Bertz CT molecular complexity index is 628. The molecule has 0 aliphatic heterocycles. The minimum Gasteiger partial charge on any atom is -0.476 e. The van der Waals surface area contributed by atoms with Crippen molar-refractivity contribution in [3.63, 3.8) is 0 Å². The summed E-state index contributed by atoms with van der Waals surface area (Å²) in [6, 6.07) is 4.03. The fourth-order valence-electron chi connectivity index (χ4n) is 1.86. The largest absolute Gasteiger partial charge is 0.476 e. The van der Waals surface area contributed by atoms with Gasteiger partial charge in [-0.3, -0.25) is 10.1 Å². The molecule has 0 spiro atoms. The first-order chi connectivity index (χ1) is 9.95. The Kier molecular flexibility index (Phi) is 4.37. The predicted molar refractivity (Wildman–Crippen MR) is 81.1 cm³/mol. The first kappa shape index (κ1) is 15.2. The molecule has 1 N–H and O–H groups in total. The van der Waals surface area contributed by atoms with Crippen LogP contribution in [-0.2, 0) is 5.41 Å². The van der Waals surface area contributed by atoms with Crippen LogP contribution >= 0.6 is 11.3 Å². The van der Waals surface area contributed by atoms with Crippen LogP contribution in [0.1, 0.15) is 18.7 Å². The van der Waals surface area contributed by atoms with Crippen molar-refractivity contribution < 1.29 is 9.66 Å².